The molecule has 0 aromatic rings. The van der Waals surface area contributed by atoms with E-state index in [1.807, 2.05) is 0 Å². The molecule has 0 aromatic carbocycles. The smallest absolute Gasteiger partial charge is 0.323 e. The molecule has 1 fully saturated rings. The lowest BCUT2D eigenvalue weighted by Gasteiger charge is -2.29. The minimum absolute atomic E-state index is 0.144. The lowest BCUT2D eigenvalue weighted by molar-refractivity contribution is -0.144. The maximum absolute atomic E-state index is 11.2. The van der Waals surface area contributed by atoms with E-state index in [2.05, 4.69) is 18.7 Å². The highest BCUT2D eigenvalue weighted by atomic mass is 16.4. The Morgan fingerprint density at radius 3 is 2.71 bits per heavy atom. The molecule has 4 heteroatoms. The second-order valence-corrected chi connectivity index (χ2v) is 5.16. The SMILES string of the molecule is CCCN(CC)CCC1CCCC1(N)C(=O)O. The molecule has 2 unspecified atom stereocenters. The van der Waals surface area contributed by atoms with E-state index in [-0.39, 0.29) is 5.92 Å². The Labute approximate surface area is 104 Å². The van der Waals surface area contributed by atoms with Crippen molar-refractivity contribution < 1.29 is 9.90 Å². The summed E-state index contributed by atoms with van der Waals surface area (Å²) in [5.74, 6) is -0.676. The van der Waals surface area contributed by atoms with Crippen LogP contribution in [0.15, 0.2) is 0 Å². The maximum atomic E-state index is 11.2. The van der Waals surface area contributed by atoms with Gasteiger partial charge >= 0.3 is 5.97 Å². The summed E-state index contributed by atoms with van der Waals surface area (Å²) in [6.07, 6.45) is 4.61. The number of aliphatic carboxylic acids is 1. The molecule has 3 N–H and O–H groups in total. The van der Waals surface area contributed by atoms with Gasteiger partial charge in [-0.25, -0.2) is 0 Å². The van der Waals surface area contributed by atoms with Crippen LogP contribution in [-0.2, 0) is 4.79 Å². The van der Waals surface area contributed by atoms with Crippen LogP contribution in [0.4, 0.5) is 0 Å². The van der Waals surface area contributed by atoms with Gasteiger partial charge in [-0.1, -0.05) is 20.3 Å². The van der Waals surface area contributed by atoms with Gasteiger partial charge in [0.15, 0.2) is 0 Å². The summed E-state index contributed by atoms with van der Waals surface area (Å²) in [5, 5.41) is 9.23. The van der Waals surface area contributed by atoms with E-state index in [0.717, 1.165) is 45.3 Å². The first-order chi connectivity index (χ1) is 8.04. The van der Waals surface area contributed by atoms with Gasteiger partial charge in [0, 0.05) is 0 Å². The molecular weight excluding hydrogens is 216 g/mol. The summed E-state index contributed by atoms with van der Waals surface area (Å²) in [6.45, 7) is 7.42. The molecule has 0 saturated heterocycles. The molecule has 0 bridgehead atoms. The third-order valence-electron chi connectivity index (χ3n) is 4.05. The molecule has 1 saturated carbocycles. The summed E-state index contributed by atoms with van der Waals surface area (Å²) >= 11 is 0. The van der Waals surface area contributed by atoms with Crippen molar-refractivity contribution in [3.63, 3.8) is 0 Å². The molecule has 100 valence electrons. The molecule has 1 aliphatic carbocycles. The van der Waals surface area contributed by atoms with Gasteiger partial charge in [-0.2, -0.15) is 0 Å². The van der Waals surface area contributed by atoms with Crippen LogP contribution in [0, 0.1) is 5.92 Å². The molecule has 0 aliphatic heterocycles. The predicted octanol–water partition coefficient (Wildman–Crippen LogP) is 1.69. The number of carbonyl (C=O) groups is 1. The van der Waals surface area contributed by atoms with Crippen LogP contribution in [0.5, 0.6) is 0 Å². The third-order valence-corrected chi connectivity index (χ3v) is 4.05. The van der Waals surface area contributed by atoms with Crippen LogP contribution in [0.1, 0.15) is 46.0 Å². The molecule has 0 heterocycles. The Bertz CT molecular complexity index is 258. The number of hydrogen-bond acceptors (Lipinski definition) is 3. The highest BCUT2D eigenvalue weighted by Crippen LogP contribution is 2.36. The van der Waals surface area contributed by atoms with Crippen LogP contribution < -0.4 is 5.73 Å². The van der Waals surface area contributed by atoms with E-state index in [0.29, 0.717) is 6.42 Å². The van der Waals surface area contributed by atoms with Gasteiger partial charge in [-0.3, -0.25) is 4.79 Å². The molecule has 0 amide bonds. The van der Waals surface area contributed by atoms with E-state index < -0.39 is 11.5 Å². The van der Waals surface area contributed by atoms with Crippen molar-refractivity contribution in [1.82, 2.24) is 4.90 Å². The molecule has 4 nitrogen and oxygen atoms in total. The van der Waals surface area contributed by atoms with Gasteiger partial charge in [-0.15, -0.1) is 0 Å². The highest BCUT2D eigenvalue weighted by Gasteiger charge is 2.45. The number of nitrogens with two attached hydrogens (primary N) is 1. The fourth-order valence-electron chi connectivity index (χ4n) is 2.87. The standard InChI is InChI=1S/C13H26N2O2/c1-3-9-15(4-2)10-7-11-6-5-8-13(11,14)12(16)17/h11H,3-10,14H2,1-2H3,(H,16,17). The monoisotopic (exact) mass is 242 g/mol. The van der Waals surface area contributed by atoms with Gasteiger partial charge in [0.25, 0.3) is 0 Å². The van der Waals surface area contributed by atoms with Crippen molar-refractivity contribution in [2.75, 3.05) is 19.6 Å². The minimum atomic E-state index is -0.967. The summed E-state index contributed by atoms with van der Waals surface area (Å²) in [5.41, 5.74) is 5.06. The highest BCUT2D eigenvalue weighted by molar-refractivity contribution is 5.79. The van der Waals surface area contributed by atoms with Crippen molar-refractivity contribution in [2.45, 2.75) is 51.5 Å². The number of hydrogen-bond donors (Lipinski definition) is 2. The lowest BCUT2D eigenvalue weighted by atomic mass is 9.85. The molecule has 2 atom stereocenters. The van der Waals surface area contributed by atoms with Crippen molar-refractivity contribution in [1.29, 1.82) is 0 Å². The lowest BCUT2D eigenvalue weighted by Crippen LogP contribution is -2.51. The number of rotatable bonds is 7. The number of carboxylic acids is 1. The van der Waals surface area contributed by atoms with E-state index in [1.54, 1.807) is 0 Å². The molecule has 0 spiro atoms. The average molecular weight is 242 g/mol. The van der Waals surface area contributed by atoms with Gasteiger partial charge in [-0.05, 0) is 51.2 Å². The predicted molar refractivity (Wildman–Crippen MR) is 68.9 cm³/mol. The zero-order chi connectivity index (χ0) is 12.9. The second-order valence-electron chi connectivity index (χ2n) is 5.16. The molecule has 1 aliphatic rings. The third kappa shape index (κ3) is 3.42. The topological polar surface area (TPSA) is 66.6 Å². The Kier molecular flexibility index (Phi) is 5.40. The van der Waals surface area contributed by atoms with Crippen molar-refractivity contribution in [3.05, 3.63) is 0 Å². The maximum Gasteiger partial charge on any atom is 0.323 e. The van der Waals surface area contributed by atoms with Crippen molar-refractivity contribution >= 4 is 5.97 Å². The molecule has 1 rings (SSSR count). The summed E-state index contributed by atoms with van der Waals surface area (Å²) in [6, 6.07) is 0. The Balaban J connectivity index is 2.48. The summed E-state index contributed by atoms with van der Waals surface area (Å²) in [4.78, 5) is 13.6. The molecular formula is C13H26N2O2. The van der Waals surface area contributed by atoms with Gasteiger partial charge in [0.2, 0.25) is 0 Å². The van der Waals surface area contributed by atoms with Crippen LogP contribution in [0.2, 0.25) is 0 Å². The van der Waals surface area contributed by atoms with E-state index in [9.17, 15) is 9.90 Å². The van der Waals surface area contributed by atoms with Crippen LogP contribution in [-0.4, -0.2) is 41.1 Å². The van der Waals surface area contributed by atoms with Gasteiger partial charge in [0.05, 0.1) is 0 Å². The number of nitrogens with zero attached hydrogens (tertiary/aromatic N) is 1. The summed E-state index contributed by atoms with van der Waals surface area (Å²) < 4.78 is 0. The first-order valence-electron chi connectivity index (χ1n) is 6.79. The van der Waals surface area contributed by atoms with E-state index in [4.69, 9.17) is 5.73 Å². The van der Waals surface area contributed by atoms with Crippen LogP contribution in [0.25, 0.3) is 0 Å². The summed E-state index contributed by atoms with van der Waals surface area (Å²) in [7, 11) is 0. The normalized spacial score (nSPS) is 28.8. The molecule has 0 radical (unpaired) electrons. The molecule has 17 heavy (non-hydrogen) atoms. The van der Waals surface area contributed by atoms with Gasteiger partial charge in [0.1, 0.15) is 5.54 Å². The Morgan fingerprint density at radius 1 is 1.47 bits per heavy atom. The van der Waals surface area contributed by atoms with Crippen LogP contribution >= 0.6 is 0 Å². The van der Waals surface area contributed by atoms with E-state index >= 15 is 0 Å². The van der Waals surface area contributed by atoms with Crippen molar-refractivity contribution in [3.8, 4) is 0 Å². The van der Waals surface area contributed by atoms with E-state index in [1.165, 1.54) is 0 Å². The molecule has 0 aromatic heterocycles. The van der Waals surface area contributed by atoms with Crippen molar-refractivity contribution in [2.24, 2.45) is 11.7 Å². The minimum Gasteiger partial charge on any atom is -0.480 e. The Morgan fingerprint density at radius 2 is 2.18 bits per heavy atom. The average Bonchev–Trinajstić information content (AvgIpc) is 2.67. The second kappa shape index (κ2) is 6.36. The largest absolute Gasteiger partial charge is 0.480 e. The first-order valence-corrected chi connectivity index (χ1v) is 6.79. The Hall–Kier alpha value is -0.610. The fourth-order valence-corrected chi connectivity index (χ4v) is 2.87. The van der Waals surface area contributed by atoms with Crippen LogP contribution in [0.3, 0.4) is 0 Å². The quantitative estimate of drug-likeness (QED) is 0.713. The zero-order valence-corrected chi connectivity index (χ0v) is 11.1. The first kappa shape index (κ1) is 14.5. The van der Waals surface area contributed by atoms with Gasteiger partial charge < -0.3 is 15.7 Å². The zero-order valence-electron chi connectivity index (χ0n) is 11.1. The number of carboxylic acid groups (broad SMARTS) is 1. The fraction of sp³-hybridized carbons (Fsp3) is 0.923.